The first-order chi connectivity index (χ1) is 13.0. The topological polar surface area (TPSA) is 60.4 Å². The molecule has 0 radical (unpaired) electrons. The van der Waals surface area contributed by atoms with Crippen LogP contribution in [0.15, 0.2) is 11.6 Å². The predicted octanol–water partition coefficient (Wildman–Crippen LogP) is 4.66. The van der Waals surface area contributed by atoms with E-state index in [1.165, 1.54) is 12.5 Å². The summed E-state index contributed by atoms with van der Waals surface area (Å²) in [7, 11) is 0. The quantitative estimate of drug-likeness (QED) is 0.648. The van der Waals surface area contributed by atoms with Gasteiger partial charge in [-0.1, -0.05) is 26.3 Å². The van der Waals surface area contributed by atoms with Crippen molar-refractivity contribution < 1.29 is 19.1 Å². The molecule has 4 heteroatoms. The summed E-state index contributed by atoms with van der Waals surface area (Å²) >= 11 is 0. The second kappa shape index (κ2) is 6.27. The lowest BCUT2D eigenvalue weighted by Gasteiger charge is -2.60. The normalized spacial score (nSPS) is 47.5. The fourth-order valence-electron chi connectivity index (χ4n) is 8.05. The first kappa shape index (κ1) is 19.8. The van der Waals surface area contributed by atoms with E-state index in [9.17, 15) is 14.4 Å². The van der Waals surface area contributed by atoms with Crippen molar-refractivity contribution in [3.05, 3.63) is 11.6 Å². The molecule has 0 bridgehead atoms. The van der Waals surface area contributed by atoms with Gasteiger partial charge >= 0.3 is 5.97 Å². The van der Waals surface area contributed by atoms with Crippen LogP contribution in [-0.2, 0) is 19.1 Å². The van der Waals surface area contributed by atoms with Crippen LogP contribution in [0.5, 0.6) is 0 Å². The maximum absolute atomic E-state index is 12.8. The summed E-state index contributed by atoms with van der Waals surface area (Å²) in [5.41, 5.74) is 0.218. The van der Waals surface area contributed by atoms with Crippen LogP contribution >= 0.6 is 0 Å². The van der Waals surface area contributed by atoms with Crippen LogP contribution in [0.4, 0.5) is 0 Å². The minimum absolute atomic E-state index is 0.00469. The highest BCUT2D eigenvalue weighted by atomic mass is 16.6. The molecule has 28 heavy (non-hydrogen) atoms. The van der Waals surface area contributed by atoms with Crippen molar-refractivity contribution in [1.82, 2.24) is 0 Å². The largest absolute Gasteiger partial charge is 0.451 e. The smallest absolute Gasteiger partial charge is 0.303 e. The third-order valence-electron chi connectivity index (χ3n) is 9.29. The van der Waals surface area contributed by atoms with Gasteiger partial charge in [0.15, 0.2) is 17.2 Å². The maximum atomic E-state index is 12.8. The molecule has 0 spiro atoms. The molecule has 4 aliphatic carbocycles. The van der Waals surface area contributed by atoms with E-state index in [0.717, 1.165) is 32.1 Å². The molecule has 0 unspecified atom stereocenters. The second-order valence-corrected chi connectivity index (χ2v) is 10.5. The molecule has 4 rings (SSSR count). The highest BCUT2D eigenvalue weighted by Gasteiger charge is 2.68. The first-order valence-corrected chi connectivity index (χ1v) is 11.0. The number of Topliss-reactive ketones (excluding diaryl/α,β-unsaturated/α-hetero) is 1. The van der Waals surface area contributed by atoms with Crippen molar-refractivity contribution in [2.75, 3.05) is 0 Å². The third kappa shape index (κ3) is 2.45. The van der Waals surface area contributed by atoms with Gasteiger partial charge in [0, 0.05) is 18.8 Å². The summed E-state index contributed by atoms with van der Waals surface area (Å²) in [4.78, 5) is 36.8. The van der Waals surface area contributed by atoms with Gasteiger partial charge < -0.3 is 4.74 Å². The number of rotatable bonds is 2. The second-order valence-electron chi connectivity index (χ2n) is 10.5. The fourth-order valence-corrected chi connectivity index (χ4v) is 8.05. The number of hydrogen-bond donors (Lipinski definition) is 0. The Balaban J connectivity index is 1.73. The highest BCUT2D eigenvalue weighted by molar-refractivity contribution is 5.92. The summed E-state index contributed by atoms with van der Waals surface area (Å²) in [6, 6.07) is 0. The lowest BCUT2D eigenvalue weighted by Crippen LogP contribution is -2.59. The summed E-state index contributed by atoms with van der Waals surface area (Å²) in [5, 5.41) is 0. The van der Waals surface area contributed by atoms with Crippen molar-refractivity contribution in [2.24, 2.45) is 34.5 Å². The average molecular weight is 387 g/mol. The third-order valence-corrected chi connectivity index (χ3v) is 9.29. The van der Waals surface area contributed by atoms with Gasteiger partial charge in [-0.05, 0) is 80.6 Å². The molecular formula is C24H34O4. The van der Waals surface area contributed by atoms with Gasteiger partial charge in [0.05, 0.1) is 0 Å². The SMILES string of the molecule is CC(=O)O[C@@]1(C(C)=O)CC[C@H]2[C@@H]3C[C@@H](C)C4=CC(=O)CC[C@]4(C)[C@@H]3CC[C@@]21C. The molecule has 0 aromatic rings. The summed E-state index contributed by atoms with van der Waals surface area (Å²) in [5.74, 6) is 1.82. The van der Waals surface area contributed by atoms with Crippen LogP contribution in [0.1, 0.15) is 79.6 Å². The Labute approximate surface area is 168 Å². The zero-order chi connectivity index (χ0) is 20.5. The molecule has 0 aromatic carbocycles. The van der Waals surface area contributed by atoms with Crippen molar-refractivity contribution >= 4 is 17.5 Å². The van der Waals surface area contributed by atoms with Crippen molar-refractivity contribution in [3.63, 3.8) is 0 Å². The molecule has 0 aromatic heterocycles. The number of ketones is 2. The van der Waals surface area contributed by atoms with Crippen LogP contribution in [0.25, 0.3) is 0 Å². The van der Waals surface area contributed by atoms with Crippen molar-refractivity contribution in [3.8, 4) is 0 Å². The summed E-state index contributed by atoms with van der Waals surface area (Å²) in [6.07, 6.45) is 8.19. The number of esters is 1. The Morgan fingerprint density at radius 2 is 1.75 bits per heavy atom. The lowest BCUT2D eigenvalue weighted by molar-refractivity contribution is -0.187. The summed E-state index contributed by atoms with van der Waals surface area (Å²) < 4.78 is 5.84. The van der Waals surface area contributed by atoms with E-state index in [4.69, 9.17) is 4.74 Å². The number of allylic oxidation sites excluding steroid dienone is 1. The highest BCUT2D eigenvalue weighted by Crippen LogP contribution is 2.69. The Morgan fingerprint density at radius 3 is 2.39 bits per heavy atom. The van der Waals surface area contributed by atoms with Crippen LogP contribution in [0.3, 0.4) is 0 Å². The number of ether oxygens (including phenoxy) is 1. The Morgan fingerprint density at radius 1 is 1.07 bits per heavy atom. The molecule has 0 amide bonds. The monoisotopic (exact) mass is 386 g/mol. The van der Waals surface area contributed by atoms with Gasteiger partial charge in [0.25, 0.3) is 0 Å². The van der Waals surface area contributed by atoms with Crippen molar-refractivity contribution in [2.45, 2.75) is 85.2 Å². The van der Waals surface area contributed by atoms with E-state index < -0.39 is 5.60 Å². The molecular weight excluding hydrogens is 352 g/mol. The van der Waals surface area contributed by atoms with E-state index in [1.807, 2.05) is 6.08 Å². The molecule has 3 fully saturated rings. The first-order valence-electron chi connectivity index (χ1n) is 11.0. The van der Waals surface area contributed by atoms with Gasteiger partial charge in [0.2, 0.25) is 0 Å². The molecule has 3 saturated carbocycles. The van der Waals surface area contributed by atoms with Gasteiger partial charge in [0.1, 0.15) is 0 Å². The Kier molecular flexibility index (Phi) is 4.45. The average Bonchev–Trinajstić information content (AvgIpc) is 2.90. The molecule has 4 nitrogen and oxygen atoms in total. The number of carbonyl (C=O) groups is 3. The van der Waals surface area contributed by atoms with Crippen LogP contribution < -0.4 is 0 Å². The molecule has 0 saturated heterocycles. The zero-order valence-electron chi connectivity index (χ0n) is 18.0. The molecule has 0 N–H and O–H groups in total. The predicted molar refractivity (Wildman–Crippen MR) is 106 cm³/mol. The van der Waals surface area contributed by atoms with Gasteiger partial charge in [-0.25, -0.2) is 0 Å². The lowest BCUT2D eigenvalue weighted by atomic mass is 9.44. The number of hydrogen-bond acceptors (Lipinski definition) is 4. The summed E-state index contributed by atoms with van der Waals surface area (Å²) in [6.45, 7) is 9.87. The van der Waals surface area contributed by atoms with E-state index in [2.05, 4.69) is 20.8 Å². The van der Waals surface area contributed by atoms with Crippen LogP contribution in [-0.4, -0.2) is 23.1 Å². The fraction of sp³-hybridized carbons (Fsp3) is 0.792. The van der Waals surface area contributed by atoms with E-state index >= 15 is 0 Å². The van der Waals surface area contributed by atoms with Gasteiger partial charge in [-0.15, -0.1) is 0 Å². The molecule has 4 aliphatic rings. The minimum atomic E-state index is -0.961. The van der Waals surface area contributed by atoms with Crippen LogP contribution in [0, 0.1) is 34.5 Å². The molecule has 154 valence electrons. The Bertz CT molecular complexity index is 767. The van der Waals surface area contributed by atoms with Crippen LogP contribution in [0.2, 0.25) is 0 Å². The van der Waals surface area contributed by atoms with Crippen molar-refractivity contribution in [1.29, 1.82) is 0 Å². The molecule has 0 heterocycles. The van der Waals surface area contributed by atoms with E-state index in [-0.39, 0.29) is 28.4 Å². The number of carbonyl (C=O) groups excluding carboxylic acids is 3. The van der Waals surface area contributed by atoms with E-state index in [1.54, 1.807) is 6.92 Å². The number of fused-ring (bicyclic) bond motifs is 5. The van der Waals surface area contributed by atoms with Gasteiger partial charge in [-0.3, -0.25) is 14.4 Å². The zero-order valence-corrected chi connectivity index (χ0v) is 18.0. The standard InChI is InChI=1S/C24H34O4/c1-14-12-18-19(22(4)9-6-17(27)13-21(14)22)7-10-23(5)20(18)8-11-24(23,15(2)25)28-16(3)26/h13-14,18-20H,6-12H2,1-5H3/t14-,18-,19-,20+,22-,23+,24-/m1/s1. The van der Waals surface area contributed by atoms with Gasteiger partial charge in [-0.2, -0.15) is 0 Å². The maximum Gasteiger partial charge on any atom is 0.303 e. The Hall–Kier alpha value is -1.45. The minimum Gasteiger partial charge on any atom is -0.451 e. The molecule has 0 aliphatic heterocycles. The van der Waals surface area contributed by atoms with E-state index in [0.29, 0.717) is 36.5 Å². The molecule has 7 atom stereocenters.